The highest BCUT2D eigenvalue weighted by molar-refractivity contribution is 9.10. The second kappa shape index (κ2) is 8.97. The SMILES string of the molecule is CC(C)c1nn(CC(=O)NCC2CCCN2)c(=O)c2ccc(Br)cc12.Cl. The number of rotatable bonds is 5. The van der Waals surface area contributed by atoms with Crippen molar-refractivity contribution in [2.24, 2.45) is 0 Å². The van der Waals surface area contributed by atoms with E-state index in [1.807, 2.05) is 26.0 Å². The second-order valence-electron chi connectivity index (χ2n) is 6.79. The highest BCUT2D eigenvalue weighted by atomic mass is 79.9. The van der Waals surface area contributed by atoms with Gasteiger partial charge in [-0.25, -0.2) is 4.68 Å². The molecule has 0 radical (unpaired) electrons. The van der Waals surface area contributed by atoms with Gasteiger partial charge in [0.05, 0.1) is 11.1 Å². The van der Waals surface area contributed by atoms with Crippen LogP contribution in [0.15, 0.2) is 27.5 Å². The summed E-state index contributed by atoms with van der Waals surface area (Å²) in [7, 11) is 0. The van der Waals surface area contributed by atoms with Crippen LogP contribution >= 0.6 is 28.3 Å². The van der Waals surface area contributed by atoms with Crippen molar-refractivity contribution in [2.45, 2.75) is 45.2 Å². The lowest BCUT2D eigenvalue weighted by atomic mass is 10.0. The van der Waals surface area contributed by atoms with E-state index in [0.717, 1.165) is 34.9 Å². The van der Waals surface area contributed by atoms with E-state index in [0.29, 0.717) is 18.0 Å². The van der Waals surface area contributed by atoms with Gasteiger partial charge in [0.1, 0.15) is 6.54 Å². The molecule has 26 heavy (non-hydrogen) atoms. The summed E-state index contributed by atoms with van der Waals surface area (Å²) >= 11 is 3.45. The lowest BCUT2D eigenvalue weighted by Crippen LogP contribution is -2.40. The Labute approximate surface area is 167 Å². The van der Waals surface area contributed by atoms with Crippen molar-refractivity contribution >= 4 is 45.0 Å². The fourth-order valence-electron chi connectivity index (χ4n) is 3.18. The van der Waals surface area contributed by atoms with Crippen LogP contribution in [0.3, 0.4) is 0 Å². The Morgan fingerprint density at radius 1 is 1.42 bits per heavy atom. The molecule has 1 aliphatic rings. The summed E-state index contributed by atoms with van der Waals surface area (Å²) in [6, 6.07) is 5.86. The molecular formula is C18H24BrClN4O2. The molecule has 0 bridgehead atoms. The van der Waals surface area contributed by atoms with E-state index in [1.165, 1.54) is 4.68 Å². The molecule has 3 rings (SSSR count). The van der Waals surface area contributed by atoms with Crippen LogP contribution in [0.5, 0.6) is 0 Å². The average Bonchev–Trinajstić information content (AvgIpc) is 3.08. The lowest BCUT2D eigenvalue weighted by molar-refractivity contribution is -0.122. The van der Waals surface area contributed by atoms with Gasteiger partial charge in [0.2, 0.25) is 5.91 Å². The maximum atomic E-state index is 12.7. The minimum absolute atomic E-state index is 0. The summed E-state index contributed by atoms with van der Waals surface area (Å²) in [5.74, 6) is -0.0381. The number of halogens is 2. The second-order valence-corrected chi connectivity index (χ2v) is 7.71. The summed E-state index contributed by atoms with van der Waals surface area (Å²) in [6.07, 6.45) is 2.21. The third-order valence-electron chi connectivity index (χ3n) is 4.50. The van der Waals surface area contributed by atoms with Gasteiger partial charge in [-0.15, -0.1) is 12.4 Å². The Bertz CT molecular complexity index is 847. The first-order valence-corrected chi connectivity index (χ1v) is 9.45. The number of fused-ring (bicyclic) bond motifs is 1. The molecule has 1 aromatic carbocycles. The first kappa shape index (κ1) is 20.9. The zero-order valence-corrected chi connectivity index (χ0v) is 17.3. The zero-order valence-electron chi connectivity index (χ0n) is 14.9. The van der Waals surface area contributed by atoms with E-state index in [2.05, 4.69) is 31.7 Å². The van der Waals surface area contributed by atoms with Crippen LogP contribution in [-0.2, 0) is 11.3 Å². The van der Waals surface area contributed by atoms with Crippen molar-refractivity contribution in [3.05, 3.63) is 38.7 Å². The topological polar surface area (TPSA) is 76.0 Å². The lowest BCUT2D eigenvalue weighted by Gasteiger charge is -2.15. The molecule has 2 N–H and O–H groups in total. The molecule has 1 aromatic heterocycles. The molecule has 142 valence electrons. The van der Waals surface area contributed by atoms with E-state index < -0.39 is 0 Å². The van der Waals surface area contributed by atoms with E-state index in [4.69, 9.17) is 0 Å². The molecule has 1 atom stereocenters. The zero-order chi connectivity index (χ0) is 18.0. The number of hydrogen-bond acceptors (Lipinski definition) is 4. The molecule has 0 saturated carbocycles. The largest absolute Gasteiger partial charge is 0.353 e. The van der Waals surface area contributed by atoms with Gasteiger partial charge in [-0.1, -0.05) is 29.8 Å². The van der Waals surface area contributed by atoms with Crippen LogP contribution < -0.4 is 16.2 Å². The molecule has 0 spiro atoms. The number of carbonyl (C=O) groups excluding carboxylic acids is 1. The molecule has 8 heteroatoms. The van der Waals surface area contributed by atoms with Crippen LogP contribution in [0, 0.1) is 0 Å². The molecule has 1 saturated heterocycles. The molecule has 1 fully saturated rings. The Hall–Kier alpha value is -1.44. The van der Waals surface area contributed by atoms with Gasteiger partial charge in [-0.05, 0) is 43.5 Å². The number of amides is 1. The Balaban J connectivity index is 0.00000243. The van der Waals surface area contributed by atoms with Crippen LogP contribution in [0.25, 0.3) is 10.8 Å². The molecule has 0 aliphatic carbocycles. The summed E-state index contributed by atoms with van der Waals surface area (Å²) in [5, 5.41) is 12.1. The molecule has 2 heterocycles. The van der Waals surface area contributed by atoms with Crippen molar-refractivity contribution in [1.82, 2.24) is 20.4 Å². The minimum atomic E-state index is -0.235. The average molecular weight is 444 g/mol. The predicted octanol–water partition coefficient (Wildman–Crippen LogP) is 2.57. The van der Waals surface area contributed by atoms with Crippen molar-refractivity contribution < 1.29 is 4.79 Å². The van der Waals surface area contributed by atoms with E-state index in [9.17, 15) is 9.59 Å². The highest BCUT2D eigenvalue weighted by Gasteiger charge is 2.17. The first-order chi connectivity index (χ1) is 12.0. The summed E-state index contributed by atoms with van der Waals surface area (Å²) < 4.78 is 2.19. The Morgan fingerprint density at radius 2 is 2.19 bits per heavy atom. The van der Waals surface area contributed by atoms with Crippen molar-refractivity contribution in [3.8, 4) is 0 Å². The van der Waals surface area contributed by atoms with Crippen molar-refractivity contribution in [3.63, 3.8) is 0 Å². The maximum Gasteiger partial charge on any atom is 0.275 e. The van der Waals surface area contributed by atoms with E-state index in [1.54, 1.807) is 6.07 Å². The van der Waals surface area contributed by atoms with Crippen molar-refractivity contribution in [2.75, 3.05) is 13.1 Å². The van der Waals surface area contributed by atoms with Gasteiger partial charge >= 0.3 is 0 Å². The minimum Gasteiger partial charge on any atom is -0.353 e. The van der Waals surface area contributed by atoms with Gasteiger partial charge in [0.25, 0.3) is 5.56 Å². The van der Waals surface area contributed by atoms with Crippen LogP contribution in [0.1, 0.15) is 38.3 Å². The van der Waals surface area contributed by atoms with Crippen molar-refractivity contribution in [1.29, 1.82) is 0 Å². The Kier molecular flexibility index (Phi) is 7.20. The van der Waals surface area contributed by atoms with Gasteiger partial charge in [0, 0.05) is 22.4 Å². The summed E-state index contributed by atoms with van der Waals surface area (Å²) in [4.78, 5) is 24.9. The van der Waals surface area contributed by atoms with Gasteiger partial charge in [-0.3, -0.25) is 9.59 Å². The normalized spacial score (nSPS) is 16.7. The Morgan fingerprint density at radius 3 is 2.85 bits per heavy atom. The molecule has 2 aromatic rings. The third-order valence-corrected chi connectivity index (χ3v) is 4.99. The quantitative estimate of drug-likeness (QED) is 0.745. The van der Waals surface area contributed by atoms with Crippen LogP contribution in [0.4, 0.5) is 0 Å². The van der Waals surface area contributed by atoms with Crippen LogP contribution in [0.2, 0.25) is 0 Å². The third kappa shape index (κ3) is 4.64. The standard InChI is InChI=1S/C18H23BrN4O2.ClH/c1-11(2)17-15-8-12(19)5-6-14(15)18(25)23(22-17)10-16(24)21-9-13-4-3-7-20-13;/h5-6,8,11,13,20H,3-4,7,9-10H2,1-2H3,(H,21,24);1H. The van der Waals surface area contributed by atoms with Crippen LogP contribution in [-0.4, -0.2) is 34.8 Å². The number of benzene rings is 1. The molecule has 1 unspecified atom stereocenters. The predicted molar refractivity (Wildman–Crippen MR) is 109 cm³/mol. The summed E-state index contributed by atoms with van der Waals surface area (Å²) in [6.45, 7) is 5.59. The molecule has 1 amide bonds. The number of hydrogen-bond donors (Lipinski definition) is 2. The molecular weight excluding hydrogens is 420 g/mol. The molecule has 6 nitrogen and oxygen atoms in total. The monoisotopic (exact) mass is 442 g/mol. The number of aromatic nitrogens is 2. The summed E-state index contributed by atoms with van der Waals surface area (Å²) in [5.41, 5.74) is 0.585. The fourth-order valence-corrected chi connectivity index (χ4v) is 3.54. The van der Waals surface area contributed by atoms with E-state index >= 15 is 0 Å². The van der Waals surface area contributed by atoms with Gasteiger partial charge < -0.3 is 10.6 Å². The highest BCUT2D eigenvalue weighted by Crippen LogP contribution is 2.24. The van der Waals surface area contributed by atoms with Gasteiger partial charge in [-0.2, -0.15) is 5.10 Å². The number of nitrogens with zero attached hydrogens (tertiary/aromatic N) is 2. The maximum absolute atomic E-state index is 12.7. The van der Waals surface area contributed by atoms with E-state index in [-0.39, 0.29) is 36.3 Å². The fraction of sp³-hybridized carbons (Fsp3) is 0.500. The molecule has 1 aliphatic heterocycles. The number of nitrogens with one attached hydrogen (secondary N) is 2. The smallest absolute Gasteiger partial charge is 0.275 e. The number of carbonyl (C=O) groups is 1. The van der Waals surface area contributed by atoms with Gasteiger partial charge in [0.15, 0.2) is 0 Å². The first-order valence-electron chi connectivity index (χ1n) is 8.66.